The zero-order chi connectivity index (χ0) is 14.9. The van der Waals surface area contributed by atoms with Crippen LogP contribution in [0.1, 0.15) is 6.42 Å². The SMILES string of the molecule is CNCC(=O)NCCCN1CCN(c2ncccn2)CC1. The third-order valence-electron chi connectivity index (χ3n) is 3.52. The number of anilines is 1. The maximum absolute atomic E-state index is 11.3. The summed E-state index contributed by atoms with van der Waals surface area (Å²) in [7, 11) is 1.77. The molecule has 7 nitrogen and oxygen atoms in total. The van der Waals surface area contributed by atoms with Gasteiger partial charge in [-0.2, -0.15) is 0 Å². The highest BCUT2D eigenvalue weighted by Gasteiger charge is 2.18. The van der Waals surface area contributed by atoms with Gasteiger partial charge in [0.2, 0.25) is 11.9 Å². The number of likely N-dealkylation sites (N-methyl/N-ethyl adjacent to an activating group) is 1. The van der Waals surface area contributed by atoms with E-state index in [2.05, 4.69) is 30.4 Å². The Morgan fingerprint density at radius 3 is 2.62 bits per heavy atom. The number of hydrogen-bond donors (Lipinski definition) is 2. The molecule has 2 N–H and O–H groups in total. The Morgan fingerprint density at radius 2 is 1.95 bits per heavy atom. The Bertz CT molecular complexity index is 419. The Kier molecular flexibility index (Phi) is 6.36. The van der Waals surface area contributed by atoms with Gasteiger partial charge in [0.25, 0.3) is 0 Å². The molecule has 0 atom stereocenters. The van der Waals surface area contributed by atoms with Crippen LogP contribution in [0.4, 0.5) is 5.95 Å². The molecule has 0 unspecified atom stereocenters. The van der Waals surface area contributed by atoms with Crippen LogP contribution in [0.3, 0.4) is 0 Å². The van der Waals surface area contributed by atoms with Crippen molar-refractivity contribution in [2.24, 2.45) is 0 Å². The minimum Gasteiger partial charge on any atom is -0.355 e. The summed E-state index contributed by atoms with van der Waals surface area (Å²) < 4.78 is 0. The molecule has 2 heterocycles. The van der Waals surface area contributed by atoms with E-state index in [1.807, 2.05) is 6.07 Å². The van der Waals surface area contributed by atoms with Crippen LogP contribution in [0.25, 0.3) is 0 Å². The molecule has 21 heavy (non-hydrogen) atoms. The smallest absolute Gasteiger partial charge is 0.233 e. The van der Waals surface area contributed by atoms with Crippen LogP contribution < -0.4 is 15.5 Å². The molecule has 1 aliphatic heterocycles. The lowest BCUT2D eigenvalue weighted by Gasteiger charge is -2.34. The Balaban J connectivity index is 1.60. The van der Waals surface area contributed by atoms with Crippen molar-refractivity contribution in [3.8, 4) is 0 Å². The van der Waals surface area contributed by atoms with Crippen LogP contribution >= 0.6 is 0 Å². The zero-order valence-electron chi connectivity index (χ0n) is 12.6. The standard InChI is InChI=1S/C14H24N6O/c1-15-12-13(21)16-6-3-7-19-8-10-20(11-9-19)14-17-4-2-5-18-14/h2,4-5,15H,3,6-12H2,1H3,(H,16,21). The first-order valence-electron chi connectivity index (χ1n) is 7.45. The third-order valence-corrected chi connectivity index (χ3v) is 3.52. The van der Waals surface area contributed by atoms with Gasteiger partial charge in [-0.15, -0.1) is 0 Å². The number of hydrogen-bond acceptors (Lipinski definition) is 6. The van der Waals surface area contributed by atoms with E-state index in [-0.39, 0.29) is 5.91 Å². The minimum atomic E-state index is 0.0588. The highest BCUT2D eigenvalue weighted by atomic mass is 16.1. The summed E-state index contributed by atoms with van der Waals surface area (Å²) >= 11 is 0. The predicted octanol–water partition coefficient (Wildman–Crippen LogP) is -0.676. The highest BCUT2D eigenvalue weighted by Crippen LogP contribution is 2.09. The molecule has 0 aromatic carbocycles. The molecule has 1 saturated heterocycles. The molecule has 1 aromatic heterocycles. The van der Waals surface area contributed by atoms with Crippen molar-refractivity contribution in [3.63, 3.8) is 0 Å². The van der Waals surface area contributed by atoms with Gasteiger partial charge >= 0.3 is 0 Å². The Labute approximate surface area is 125 Å². The van der Waals surface area contributed by atoms with Crippen LogP contribution in [-0.4, -0.2) is 73.6 Å². The van der Waals surface area contributed by atoms with Crippen molar-refractivity contribution in [2.75, 3.05) is 57.8 Å². The van der Waals surface area contributed by atoms with Gasteiger partial charge < -0.3 is 15.5 Å². The molecular weight excluding hydrogens is 268 g/mol. The summed E-state index contributed by atoms with van der Waals surface area (Å²) in [5.74, 6) is 0.875. The van der Waals surface area contributed by atoms with E-state index in [9.17, 15) is 4.79 Å². The number of carbonyl (C=O) groups is 1. The van der Waals surface area contributed by atoms with Crippen LogP contribution in [0.5, 0.6) is 0 Å². The maximum atomic E-state index is 11.3. The van der Waals surface area contributed by atoms with E-state index in [4.69, 9.17) is 0 Å². The fourth-order valence-electron chi connectivity index (χ4n) is 2.38. The monoisotopic (exact) mass is 292 g/mol. The molecule has 1 aliphatic rings. The second-order valence-corrected chi connectivity index (χ2v) is 5.11. The zero-order valence-corrected chi connectivity index (χ0v) is 12.6. The van der Waals surface area contributed by atoms with Gasteiger partial charge in [0.15, 0.2) is 0 Å². The van der Waals surface area contributed by atoms with Crippen LogP contribution in [0.2, 0.25) is 0 Å². The molecule has 1 amide bonds. The fourth-order valence-corrected chi connectivity index (χ4v) is 2.38. The lowest BCUT2D eigenvalue weighted by atomic mass is 10.3. The molecule has 1 fully saturated rings. The van der Waals surface area contributed by atoms with Gasteiger partial charge in [-0.3, -0.25) is 9.69 Å². The summed E-state index contributed by atoms with van der Waals surface area (Å²) in [4.78, 5) is 24.5. The summed E-state index contributed by atoms with van der Waals surface area (Å²) in [6.45, 7) is 6.08. The van der Waals surface area contributed by atoms with Gasteiger partial charge in [-0.05, 0) is 26.1 Å². The second kappa shape index (κ2) is 8.53. The number of nitrogens with one attached hydrogen (secondary N) is 2. The summed E-state index contributed by atoms with van der Waals surface area (Å²) in [5, 5.41) is 5.74. The first kappa shape index (κ1) is 15.7. The average Bonchev–Trinajstić information content (AvgIpc) is 2.53. The van der Waals surface area contributed by atoms with Crippen molar-refractivity contribution in [1.82, 2.24) is 25.5 Å². The summed E-state index contributed by atoms with van der Waals surface area (Å²) in [6.07, 6.45) is 4.54. The number of carbonyl (C=O) groups excluding carboxylic acids is 1. The van der Waals surface area contributed by atoms with E-state index in [1.165, 1.54) is 0 Å². The molecule has 0 saturated carbocycles. The van der Waals surface area contributed by atoms with Crippen molar-refractivity contribution >= 4 is 11.9 Å². The normalized spacial score (nSPS) is 16.0. The number of nitrogens with zero attached hydrogens (tertiary/aromatic N) is 4. The van der Waals surface area contributed by atoms with Crippen LogP contribution in [0.15, 0.2) is 18.5 Å². The topological polar surface area (TPSA) is 73.4 Å². The summed E-state index contributed by atoms with van der Waals surface area (Å²) in [5.41, 5.74) is 0. The van der Waals surface area contributed by atoms with Gasteiger partial charge in [-0.25, -0.2) is 9.97 Å². The number of piperazine rings is 1. The average molecular weight is 292 g/mol. The lowest BCUT2D eigenvalue weighted by molar-refractivity contribution is -0.120. The predicted molar refractivity (Wildman–Crippen MR) is 82.2 cm³/mol. The van der Waals surface area contributed by atoms with Crippen molar-refractivity contribution in [3.05, 3.63) is 18.5 Å². The Morgan fingerprint density at radius 1 is 1.24 bits per heavy atom. The molecule has 2 rings (SSSR count). The van der Waals surface area contributed by atoms with Crippen LogP contribution in [0, 0.1) is 0 Å². The molecule has 0 aliphatic carbocycles. The number of rotatable bonds is 7. The molecule has 116 valence electrons. The molecule has 0 spiro atoms. The third kappa shape index (κ3) is 5.28. The van der Waals surface area contributed by atoms with Crippen molar-refractivity contribution < 1.29 is 4.79 Å². The van der Waals surface area contributed by atoms with E-state index in [0.717, 1.165) is 51.6 Å². The lowest BCUT2D eigenvalue weighted by Crippen LogP contribution is -2.47. The van der Waals surface area contributed by atoms with E-state index < -0.39 is 0 Å². The highest BCUT2D eigenvalue weighted by molar-refractivity contribution is 5.77. The van der Waals surface area contributed by atoms with Gasteiger partial charge in [-0.1, -0.05) is 0 Å². The van der Waals surface area contributed by atoms with Crippen LogP contribution in [-0.2, 0) is 4.79 Å². The van der Waals surface area contributed by atoms with Gasteiger partial charge in [0.1, 0.15) is 0 Å². The molecule has 1 aromatic rings. The first-order valence-corrected chi connectivity index (χ1v) is 7.45. The number of amides is 1. The molecular formula is C14H24N6O. The van der Waals surface area contributed by atoms with E-state index in [1.54, 1.807) is 19.4 Å². The first-order chi connectivity index (χ1) is 10.3. The largest absolute Gasteiger partial charge is 0.355 e. The van der Waals surface area contributed by atoms with E-state index >= 15 is 0 Å². The maximum Gasteiger partial charge on any atom is 0.233 e. The van der Waals surface area contributed by atoms with Crippen molar-refractivity contribution in [2.45, 2.75) is 6.42 Å². The van der Waals surface area contributed by atoms with Crippen molar-refractivity contribution in [1.29, 1.82) is 0 Å². The molecule has 0 radical (unpaired) electrons. The fraction of sp³-hybridized carbons (Fsp3) is 0.643. The van der Waals surface area contributed by atoms with Gasteiger partial charge in [0, 0.05) is 45.1 Å². The summed E-state index contributed by atoms with van der Waals surface area (Å²) in [6, 6.07) is 1.84. The number of aromatic nitrogens is 2. The van der Waals surface area contributed by atoms with Gasteiger partial charge in [0.05, 0.1) is 6.54 Å². The minimum absolute atomic E-state index is 0.0588. The quantitative estimate of drug-likeness (QED) is 0.649. The molecule has 7 heteroatoms. The van der Waals surface area contributed by atoms with E-state index in [0.29, 0.717) is 6.54 Å². The molecule has 0 bridgehead atoms. The Hall–Kier alpha value is -1.73. The second-order valence-electron chi connectivity index (χ2n) is 5.11.